The number of halogens is 1. The third-order valence-corrected chi connectivity index (χ3v) is 3.01. The molecule has 0 amide bonds. The maximum Gasteiger partial charge on any atom is 0.176 e. The van der Waals surface area contributed by atoms with Gasteiger partial charge in [0.25, 0.3) is 0 Å². The molecule has 0 N–H and O–H groups in total. The molecule has 1 aromatic carbocycles. The lowest BCUT2D eigenvalue weighted by Gasteiger charge is -2.10. The molecule has 1 aromatic rings. The fourth-order valence-corrected chi connectivity index (χ4v) is 1.84. The van der Waals surface area contributed by atoms with Crippen molar-refractivity contribution in [3.8, 4) is 0 Å². The van der Waals surface area contributed by atoms with Gasteiger partial charge in [0.1, 0.15) is 0 Å². The van der Waals surface area contributed by atoms with E-state index in [1.165, 1.54) is 5.56 Å². The van der Waals surface area contributed by atoms with Crippen LogP contribution in [0.4, 0.5) is 0 Å². The van der Waals surface area contributed by atoms with Crippen molar-refractivity contribution in [2.45, 2.75) is 38.4 Å². The average molecular weight is 269 g/mol. The van der Waals surface area contributed by atoms with Crippen molar-refractivity contribution in [2.75, 3.05) is 0 Å². The topological polar surface area (TPSA) is 17.1 Å². The van der Waals surface area contributed by atoms with E-state index < -0.39 is 0 Å². The average Bonchev–Trinajstić information content (AvgIpc) is 2.27. The fraction of sp³-hybridized carbons (Fsp3) is 0.462. The number of carbonyl (C=O) groups excluding carboxylic acids is 1. The Balaban J connectivity index is 3.17. The molecule has 0 bridgehead atoms. The number of Topliss-reactive ketones (excluding diaryl/α,β-unsaturated/α-hetero) is 1. The molecule has 0 fully saturated rings. The number of hydrogen-bond acceptors (Lipinski definition) is 1. The highest BCUT2D eigenvalue weighted by Gasteiger charge is 2.15. The van der Waals surface area contributed by atoms with Gasteiger partial charge in [-0.2, -0.15) is 0 Å². The molecule has 15 heavy (non-hydrogen) atoms. The Labute approximate surface area is 100 Å². The molecular weight excluding hydrogens is 252 g/mol. The molecule has 1 rings (SSSR count). The summed E-state index contributed by atoms with van der Waals surface area (Å²) in [6, 6.07) is 6.20. The van der Waals surface area contributed by atoms with Crippen LogP contribution in [0.5, 0.6) is 0 Å². The normalized spacial score (nSPS) is 12.5. The van der Waals surface area contributed by atoms with Crippen molar-refractivity contribution < 1.29 is 4.79 Å². The maximum absolute atomic E-state index is 11.9. The van der Waals surface area contributed by atoms with Gasteiger partial charge in [-0.15, -0.1) is 0 Å². The Morgan fingerprint density at radius 3 is 2.47 bits per heavy atom. The van der Waals surface area contributed by atoms with Crippen LogP contribution < -0.4 is 0 Å². The molecule has 82 valence electrons. The zero-order valence-corrected chi connectivity index (χ0v) is 11.1. The van der Waals surface area contributed by atoms with Crippen molar-refractivity contribution in [3.05, 3.63) is 34.9 Å². The van der Waals surface area contributed by atoms with Crippen LogP contribution in [0.2, 0.25) is 0 Å². The number of hydrogen-bond donors (Lipinski definition) is 0. The van der Waals surface area contributed by atoms with Crippen LogP contribution in [-0.4, -0.2) is 10.6 Å². The minimum atomic E-state index is -0.102. The third kappa shape index (κ3) is 2.91. The van der Waals surface area contributed by atoms with Crippen LogP contribution in [0.15, 0.2) is 18.2 Å². The Hall–Kier alpha value is -0.630. The summed E-state index contributed by atoms with van der Waals surface area (Å²) < 4.78 is 0. The Bertz CT molecular complexity index is 356. The molecule has 0 saturated carbocycles. The lowest BCUT2D eigenvalue weighted by atomic mass is 9.97. The molecule has 2 heteroatoms. The Morgan fingerprint density at radius 1 is 1.33 bits per heavy atom. The van der Waals surface area contributed by atoms with Gasteiger partial charge >= 0.3 is 0 Å². The zero-order valence-electron chi connectivity index (χ0n) is 9.51. The molecule has 0 radical (unpaired) electrons. The van der Waals surface area contributed by atoms with Gasteiger partial charge in [-0.05, 0) is 37.0 Å². The van der Waals surface area contributed by atoms with E-state index in [2.05, 4.69) is 41.9 Å². The van der Waals surface area contributed by atoms with E-state index in [4.69, 9.17) is 0 Å². The predicted octanol–water partition coefficient (Wildman–Crippen LogP) is 3.78. The number of benzene rings is 1. The van der Waals surface area contributed by atoms with Crippen molar-refractivity contribution in [3.63, 3.8) is 0 Å². The molecule has 0 heterocycles. The van der Waals surface area contributed by atoms with Gasteiger partial charge in [-0.25, -0.2) is 0 Å². The smallest absolute Gasteiger partial charge is 0.176 e. The second kappa shape index (κ2) is 5.45. The third-order valence-electron chi connectivity index (χ3n) is 2.59. The Morgan fingerprint density at radius 2 is 2.00 bits per heavy atom. The van der Waals surface area contributed by atoms with E-state index in [1.54, 1.807) is 0 Å². The quantitative estimate of drug-likeness (QED) is 0.600. The molecule has 0 spiro atoms. The van der Waals surface area contributed by atoms with Crippen molar-refractivity contribution in [1.82, 2.24) is 0 Å². The van der Waals surface area contributed by atoms with Crippen LogP contribution >= 0.6 is 15.9 Å². The Kier molecular flexibility index (Phi) is 4.52. The molecular formula is C13H17BrO. The van der Waals surface area contributed by atoms with Crippen LogP contribution in [-0.2, 0) is 12.8 Å². The van der Waals surface area contributed by atoms with Gasteiger partial charge < -0.3 is 0 Å². The van der Waals surface area contributed by atoms with Gasteiger partial charge in [-0.1, -0.05) is 41.9 Å². The summed E-state index contributed by atoms with van der Waals surface area (Å²) in [7, 11) is 0. The van der Waals surface area contributed by atoms with Crippen molar-refractivity contribution in [1.29, 1.82) is 0 Å². The lowest BCUT2D eigenvalue weighted by molar-refractivity contribution is 0.0995. The number of alkyl halides is 1. The molecule has 0 aromatic heterocycles. The van der Waals surface area contributed by atoms with E-state index >= 15 is 0 Å². The largest absolute Gasteiger partial charge is 0.293 e. The number of rotatable bonds is 4. The summed E-state index contributed by atoms with van der Waals surface area (Å²) in [6.07, 6.45) is 1.88. The van der Waals surface area contributed by atoms with Gasteiger partial charge in [0.15, 0.2) is 5.78 Å². The first-order chi connectivity index (χ1) is 7.10. The maximum atomic E-state index is 11.9. The first-order valence-electron chi connectivity index (χ1n) is 5.40. The van der Waals surface area contributed by atoms with E-state index in [9.17, 15) is 4.79 Å². The fourth-order valence-electron chi connectivity index (χ4n) is 1.60. The van der Waals surface area contributed by atoms with Crippen molar-refractivity contribution >= 4 is 21.7 Å². The SMILES string of the molecule is CCc1ccc(CC)c(C(=O)C(C)Br)c1. The summed E-state index contributed by atoms with van der Waals surface area (Å²) in [6.45, 7) is 6.06. The van der Waals surface area contributed by atoms with E-state index in [0.29, 0.717) is 0 Å². The number of ketones is 1. The minimum absolute atomic E-state index is 0.102. The van der Waals surface area contributed by atoms with Gasteiger partial charge in [0, 0.05) is 5.56 Å². The second-order valence-electron chi connectivity index (χ2n) is 3.68. The molecule has 0 aliphatic heterocycles. The summed E-state index contributed by atoms with van der Waals surface area (Å²) in [4.78, 5) is 11.8. The van der Waals surface area contributed by atoms with Gasteiger partial charge in [0.05, 0.1) is 4.83 Å². The van der Waals surface area contributed by atoms with Crippen LogP contribution in [0.25, 0.3) is 0 Å². The molecule has 0 saturated heterocycles. The molecule has 1 atom stereocenters. The first-order valence-corrected chi connectivity index (χ1v) is 6.31. The summed E-state index contributed by atoms with van der Waals surface area (Å²) in [5.74, 6) is 0.183. The summed E-state index contributed by atoms with van der Waals surface area (Å²) in [5, 5.41) is 0. The van der Waals surface area contributed by atoms with E-state index in [0.717, 1.165) is 24.0 Å². The lowest BCUT2D eigenvalue weighted by Crippen LogP contribution is -2.13. The standard InChI is InChI=1S/C13H17BrO/c1-4-10-6-7-11(5-2)12(8-10)13(15)9(3)14/h6-9H,4-5H2,1-3H3. The minimum Gasteiger partial charge on any atom is -0.293 e. The van der Waals surface area contributed by atoms with E-state index in [-0.39, 0.29) is 10.6 Å². The highest BCUT2D eigenvalue weighted by atomic mass is 79.9. The molecule has 0 aliphatic carbocycles. The molecule has 1 unspecified atom stereocenters. The molecule has 1 nitrogen and oxygen atoms in total. The van der Waals surface area contributed by atoms with Gasteiger partial charge in [0.2, 0.25) is 0 Å². The van der Waals surface area contributed by atoms with Crippen molar-refractivity contribution in [2.24, 2.45) is 0 Å². The number of aryl methyl sites for hydroxylation is 2. The van der Waals surface area contributed by atoms with E-state index in [1.807, 2.05) is 13.0 Å². The summed E-state index contributed by atoms with van der Waals surface area (Å²) in [5.41, 5.74) is 3.24. The zero-order chi connectivity index (χ0) is 11.4. The predicted molar refractivity (Wildman–Crippen MR) is 67.9 cm³/mol. The van der Waals surface area contributed by atoms with Crippen LogP contribution in [0.3, 0.4) is 0 Å². The van der Waals surface area contributed by atoms with Crippen LogP contribution in [0, 0.1) is 0 Å². The monoisotopic (exact) mass is 268 g/mol. The second-order valence-corrected chi connectivity index (χ2v) is 5.05. The molecule has 0 aliphatic rings. The summed E-state index contributed by atoms with van der Waals surface area (Å²) >= 11 is 3.34. The number of carbonyl (C=O) groups is 1. The van der Waals surface area contributed by atoms with Gasteiger partial charge in [-0.3, -0.25) is 4.79 Å². The van der Waals surface area contributed by atoms with Crippen LogP contribution in [0.1, 0.15) is 42.3 Å². The highest BCUT2D eigenvalue weighted by molar-refractivity contribution is 9.10. The highest BCUT2D eigenvalue weighted by Crippen LogP contribution is 2.18. The first kappa shape index (κ1) is 12.4.